The van der Waals surface area contributed by atoms with E-state index >= 15 is 0 Å². The molecule has 0 aliphatic carbocycles. The first-order valence-electron chi connectivity index (χ1n) is 7.20. The molecule has 0 aliphatic rings. The third-order valence-corrected chi connectivity index (χ3v) is 3.28. The molecule has 0 saturated heterocycles. The van der Waals surface area contributed by atoms with Gasteiger partial charge in [-0.25, -0.2) is 4.98 Å². The molecule has 0 spiro atoms. The summed E-state index contributed by atoms with van der Waals surface area (Å²) in [4.78, 5) is 18.8. The fourth-order valence-corrected chi connectivity index (χ4v) is 2.18. The molecule has 4 nitrogen and oxygen atoms in total. The number of carbonyl (C=O) groups excluding carboxylic acids is 1. The number of amides is 1. The lowest BCUT2D eigenvalue weighted by molar-refractivity contribution is 0.0982. The van der Waals surface area contributed by atoms with Gasteiger partial charge in [0.25, 0.3) is 5.91 Å². The minimum Gasteiger partial charge on any atom is -0.326 e. The largest absolute Gasteiger partial charge is 0.326 e. The molecule has 0 fully saturated rings. The fraction of sp³-hybridized carbons (Fsp3) is 0.294. The summed E-state index contributed by atoms with van der Waals surface area (Å²) in [5, 5.41) is 0. The highest BCUT2D eigenvalue weighted by Crippen LogP contribution is 2.18. The second-order valence-electron chi connectivity index (χ2n) is 4.99. The number of nitrogens with two attached hydrogens (primary N) is 1. The molecule has 4 heteroatoms. The Bertz CT molecular complexity index is 608. The standard InChI is InChI=1S/C17H21N3O/c1-3-11-20(15-9-7-14(12-18)8-10-15)17(21)16-6-4-5-13(2)19-16/h4-10H,3,11-12,18H2,1-2H3. The summed E-state index contributed by atoms with van der Waals surface area (Å²) in [7, 11) is 0. The fourth-order valence-electron chi connectivity index (χ4n) is 2.18. The van der Waals surface area contributed by atoms with E-state index in [9.17, 15) is 4.79 Å². The molecular formula is C17H21N3O. The number of aryl methyl sites for hydroxylation is 1. The highest BCUT2D eigenvalue weighted by atomic mass is 16.2. The average molecular weight is 283 g/mol. The topological polar surface area (TPSA) is 59.2 Å². The lowest BCUT2D eigenvalue weighted by Crippen LogP contribution is -2.32. The maximum atomic E-state index is 12.7. The molecule has 0 unspecified atom stereocenters. The number of anilines is 1. The normalized spacial score (nSPS) is 10.4. The maximum Gasteiger partial charge on any atom is 0.276 e. The molecule has 110 valence electrons. The van der Waals surface area contributed by atoms with E-state index < -0.39 is 0 Å². The molecule has 0 aliphatic heterocycles. The monoisotopic (exact) mass is 283 g/mol. The minimum atomic E-state index is -0.0685. The number of hydrogen-bond acceptors (Lipinski definition) is 3. The van der Waals surface area contributed by atoms with Gasteiger partial charge in [-0.1, -0.05) is 25.1 Å². The Labute approximate surface area is 125 Å². The van der Waals surface area contributed by atoms with Crippen LogP contribution in [0.15, 0.2) is 42.5 Å². The summed E-state index contributed by atoms with van der Waals surface area (Å²) in [6.07, 6.45) is 0.885. The van der Waals surface area contributed by atoms with Crippen molar-refractivity contribution < 1.29 is 4.79 Å². The van der Waals surface area contributed by atoms with Crippen molar-refractivity contribution in [3.63, 3.8) is 0 Å². The summed E-state index contributed by atoms with van der Waals surface area (Å²) in [5.41, 5.74) is 8.86. The van der Waals surface area contributed by atoms with Crippen molar-refractivity contribution in [3.8, 4) is 0 Å². The molecule has 2 rings (SSSR count). The second kappa shape index (κ2) is 6.99. The van der Waals surface area contributed by atoms with Gasteiger partial charge in [0, 0.05) is 24.5 Å². The van der Waals surface area contributed by atoms with Crippen LogP contribution in [-0.4, -0.2) is 17.4 Å². The lowest BCUT2D eigenvalue weighted by Gasteiger charge is -2.22. The summed E-state index contributed by atoms with van der Waals surface area (Å²) in [6.45, 7) is 5.10. The third kappa shape index (κ3) is 3.67. The lowest BCUT2D eigenvalue weighted by atomic mass is 10.1. The number of rotatable bonds is 5. The number of nitrogens with zero attached hydrogens (tertiary/aromatic N) is 2. The van der Waals surface area contributed by atoms with Crippen LogP contribution in [0.2, 0.25) is 0 Å². The van der Waals surface area contributed by atoms with Gasteiger partial charge in [-0.05, 0) is 43.2 Å². The quantitative estimate of drug-likeness (QED) is 0.918. The Balaban J connectivity index is 2.31. The van der Waals surface area contributed by atoms with Gasteiger partial charge in [0.15, 0.2) is 0 Å². The Hall–Kier alpha value is -2.20. The van der Waals surface area contributed by atoms with E-state index in [1.165, 1.54) is 0 Å². The summed E-state index contributed by atoms with van der Waals surface area (Å²) < 4.78 is 0. The van der Waals surface area contributed by atoms with Crippen molar-refractivity contribution >= 4 is 11.6 Å². The van der Waals surface area contributed by atoms with Crippen molar-refractivity contribution in [2.45, 2.75) is 26.8 Å². The van der Waals surface area contributed by atoms with Crippen molar-refractivity contribution in [2.24, 2.45) is 5.73 Å². The molecule has 0 saturated carbocycles. The van der Waals surface area contributed by atoms with Crippen LogP contribution >= 0.6 is 0 Å². The molecule has 0 radical (unpaired) electrons. The van der Waals surface area contributed by atoms with E-state index in [2.05, 4.69) is 11.9 Å². The third-order valence-electron chi connectivity index (χ3n) is 3.28. The zero-order valence-electron chi connectivity index (χ0n) is 12.5. The van der Waals surface area contributed by atoms with Crippen molar-refractivity contribution in [3.05, 3.63) is 59.4 Å². The smallest absolute Gasteiger partial charge is 0.276 e. The van der Waals surface area contributed by atoms with Crippen molar-refractivity contribution in [1.29, 1.82) is 0 Å². The first-order chi connectivity index (χ1) is 10.2. The number of pyridine rings is 1. The first-order valence-corrected chi connectivity index (χ1v) is 7.20. The van der Waals surface area contributed by atoms with Gasteiger partial charge in [-0.3, -0.25) is 4.79 Å². The Morgan fingerprint density at radius 1 is 1.19 bits per heavy atom. The second-order valence-corrected chi connectivity index (χ2v) is 4.99. The van der Waals surface area contributed by atoms with Crippen LogP contribution in [0.25, 0.3) is 0 Å². The molecule has 1 amide bonds. The number of hydrogen-bond donors (Lipinski definition) is 1. The van der Waals surface area contributed by atoms with E-state index in [4.69, 9.17) is 5.73 Å². The van der Waals surface area contributed by atoms with Crippen LogP contribution in [0.5, 0.6) is 0 Å². The maximum absolute atomic E-state index is 12.7. The zero-order chi connectivity index (χ0) is 15.2. The van der Waals surface area contributed by atoms with Crippen LogP contribution in [0, 0.1) is 6.92 Å². The molecule has 0 bridgehead atoms. The Morgan fingerprint density at radius 2 is 1.90 bits per heavy atom. The van der Waals surface area contributed by atoms with Crippen LogP contribution in [-0.2, 0) is 6.54 Å². The van der Waals surface area contributed by atoms with E-state index in [-0.39, 0.29) is 5.91 Å². The zero-order valence-corrected chi connectivity index (χ0v) is 12.5. The molecule has 1 heterocycles. The van der Waals surface area contributed by atoms with Gasteiger partial charge in [-0.15, -0.1) is 0 Å². The van der Waals surface area contributed by atoms with Gasteiger partial charge in [0.05, 0.1) is 0 Å². The summed E-state index contributed by atoms with van der Waals surface area (Å²) >= 11 is 0. The highest BCUT2D eigenvalue weighted by Gasteiger charge is 2.18. The highest BCUT2D eigenvalue weighted by molar-refractivity contribution is 6.04. The van der Waals surface area contributed by atoms with Gasteiger partial charge in [0.1, 0.15) is 5.69 Å². The number of carbonyl (C=O) groups is 1. The molecule has 2 N–H and O–H groups in total. The summed E-state index contributed by atoms with van der Waals surface area (Å²) in [6, 6.07) is 13.3. The molecular weight excluding hydrogens is 262 g/mol. The van der Waals surface area contributed by atoms with Crippen LogP contribution in [0.1, 0.15) is 35.1 Å². The average Bonchev–Trinajstić information content (AvgIpc) is 2.52. The van der Waals surface area contributed by atoms with E-state index in [0.717, 1.165) is 23.4 Å². The van der Waals surface area contributed by atoms with Crippen LogP contribution in [0.3, 0.4) is 0 Å². The molecule has 21 heavy (non-hydrogen) atoms. The SMILES string of the molecule is CCCN(C(=O)c1cccc(C)n1)c1ccc(CN)cc1. The minimum absolute atomic E-state index is 0.0685. The summed E-state index contributed by atoms with van der Waals surface area (Å²) in [5.74, 6) is -0.0685. The van der Waals surface area contributed by atoms with E-state index in [1.54, 1.807) is 11.0 Å². The van der Waals surface area contributed by atoms with Gasteiger partial charge in [-0.2, -0.15) is 0 Å². The van der Waals surface area contributed by atoms with Crippen molar-refractivity contribution in [2.75, 3.05) is 11.4 Å². The van der Waals surface area contributed by atoms with Crippen LogP contribution < -0.4 is 10.6 Å². The first kappa shape index (κ1) is 15.2. The number of benzene rings is 1. The van der Waals surface area contributed by atoms with Gasteiger partial charge >= 0.3 is 0 Å². The van der Waals surface area contributed by atoms with Gasteiger partial charge in [0.2, 0.25) is 0 Å². The molecule has 0 atom stereocenters. The van der Waals surface area contributed by atoms with E-state index in [1.807, 2.05) is 43.3 Å². The van der Waals surface area contributed by atoms with Gasteiger partial charge < -0.3 is 10.6 Å². The number of aromatic nitrogens is 1. The molecule has 2 aromatic rings. The predicted octanol–water partition coefficient (Wildman–Crippen LogP) is 2.91. The molecule has 1 aromatic heterocycles. The predicted molar refractivity (Wildman–Crippen MR) is 85.3 cm³/mol. The van der Waals surface area contributed by atoms with Crippen molar-refractivity contribution in [1.82, 2.24) is 4.98 Å². The van der Waals surface area contributed by atoms with E-state index in [0.29, 0.717) is 18.8 Å². The Morgan fingerprint density at radius 3 is 2.48 bits per heavy atom. The van der Waals surface area contributed by atoms with Crippen LogP contribution in [0.4, 0.5) is 5.69 Å². The Kier molecular flexibility index (Phi) is 5.06. The molecule has 1 aromatic carbocycles.